The molecule has 2 amide bonds. The zero-order chi connectivity index (χ0) is 11.1. The molecule has 0 aromatic carbocycles. The van der Waals surface area contributed by atoms with Gasteiger partial charge in [-0.25, -0.2) is 0 Å². The number of unbranched alkanes of at least 4 members (excludes halogenated alkanes) is 1. The van der Waals surface area contributed by atoms with Crippen LogP contribution in [0.3, 0.4) is 0 Å². The van der Waals surface area contributed by atoms with Crippen molar-refractivity contribution in [3.63, 3.8) is 0 Å². The van der Waals surface area contributed by atoms with Gasteiger partial charge in [-0.05, 0) is 12.8 Å². The summed E-state index contributed by atoms with van der Waals surface area (Å²) < 4.78 is 0. The molecule has 0 saturated carbocycles. The van der Waals surface area contributed by atoms with Gasteiger partial charge >= 0.3 is 0 Å². The van der Waals surface area contributed by atoms with E-state index in [4.69, 9.17) is 11.5 Å². The Balaban J connectivity index is 3.47. The van der Waals surface area contributed by atoms with Crippen LogP contribution in [0.2, 0.25) is 0 Å². The minimum absolute atomic E-state index is 0.273. The first kappa shape index (κ1) is 13.9. The average molecular weight is 330 g/mol. The number of carbonyl (C=O) groups is 2. The number of amides is 2. The summed E-state index contributed by atoms with van der Waals surface area (Å²) in [5.41, 5.74) is 10.1. The predicted molar refractivity (Wildman–Crippen MR) is 62.3 cm³/mol. The van der Waals surface area contributed by atoms with Gasteiger partial charge in [-0.1, -0.05) is 44.7 Å². The lowest BCUT2D eigenvalue weighted by atomic mass is 10.1. The Hall–Kier alpha value is -0.100. The van der Waals surface area contributed by atoms with Gasteiger partial charge < -0.3 is 11.5 Å². The lowest BCUT2D eigenvalue weighted by Gasteiger charge is -2.06. The van der Waals surface area contributed by atoms with Crippen molar-refractivity contribution in [3.05, 3.63) is 0 Å². The molecule has 2 atom stereocenters. The second-order valence-electron chi connectivity index (χ2n) is 3.02. The maximum atomic E-state index is 10.6. The first-order chi connectivity index (χ1) is 6.45. The van der Waals surface area contributed by atoms with Gasteiger partial charge in [0.2, 0.25) is 11.8 Å². The first-order valence-electron chi connectivity index (χ1n) is 4.32. The summed E-state index contributed by atoms with van der Waals surface area (Å²) in [4.78, 5) is 20.7. The molecular weight excluding hydrogens is 316 g/mol. The van der Waals surface area contributed by atoms with Gasteiger partial charge in [0.15, 0.2) is 0 Å². The van der Waals surface area contributed by atoms with E-state index in [0.29, 0.717) is 12.8 Å². The quantitative estimate of drug-likeness (QED) is 0.540. The third-order valence-corrected chi connectivity index (χ3v) is 3.60. The van der Waals surface area contributed by atoms with Crippen molar-refractivity contribution in [2.24, 2.45) is 11.5 Å². The molecule has 0 aliphatic carbocycles. The van der Waals surface area contributed by atoms with Crippen molar-refractivity contribution >= 4 is 43.7 Å². The van der Waals surface area contributed by atoms with Gasteiger partial charge in [0, 0.05) is 0 Å². The van der Waals surface area contributed by atoms with Crippen LogP contribution < -0.4 is 11.5 Å². The predicted octanol–water partition coefficient (Wildman–Crippen LogP) is 1.04. The summed E-state index contributed by atoms with van der Waals surface area (Å²) in [6.07, 6.45) is 3.06. The highest BCUT2D eigenvalue weighted by Gasteiger charge is 2.12. The van der Waals surface area contributed by atoms with Gasteiger partial charge in [0.05, 0.1) is 9.65 Å². The lowest BCUT2D eigenvalue weighted by molar-refractivity contribution is -0.118. The number of alkyl halides is 2. The van der Waals surface area contributed by atoms with Crippen molar-refractivity contribution < 1.29 is 9.59 Å². The molecule has 0 rings (SSSR count). The normalized spacial score (nSPS) is 14.7. The number of carbonyl (C=O) groups excluding carboxylic acids is 2. The summed E-state index contributed by atoms with van der Waals surface area (Å²) in [6.45, 7) is 0. The van der Waals surface area contributed by atoms with E-state index in [2.05, 4.69) is 31.9 Å². The van der Waals surface area contributed by atoms with Crippen molar-refractivity contribution in [2.45, 2.75) is 35.3 Å². The number of primary amides is 2. The van der Waals surface area contributed by atoms with Crippen molar-refractivity contribution in [1.82, 2.24) is 0 Å². The van der Waals surface area contributed by atoms with Crippen LogP contribution in [0.15, 0.2) is 0 Å². The average Bonchev–Trinajstić information content (AvgIpc) is 2.11. The zero-order valence-electron chi connectivity index (χ0n) is 7.71. The Morgan fingerprint density at radius 1 is 0.929 bits per heavy atom. The molecule has 2 unspecified atom stereocenters. The second-order valence-corrected chi connectivity index (χ2v) is 5.23. The molecule has 0 aliphatic rings. The Bertz CT molecular complexity index is 190. The first-order valence-corrected chi connectivity index (χ1v) is 6.15. The standard InChI is InChI=1S/C8H14Br2N2O2/c9-5(7(11)13)3-1-2-4-6(10)8(12)14/h5-6H,1-4H2,(H2,11,13)(H2,12,14). The van der Waals surface area contributed by atoms with Crippen LogP contribution in [0, 0.1) is 0 Å². The van der Waals surface area contributed by atoms with E-state index >= 15 is 0 Å². The van der Waals surface area contributed by atoms with Crippen molar-refractivity contribution in [2.75, 3.05) is 0 Å². The molecule has 82 valence electrons. The highest BCUT2D eigenvalue weighted by molar-refractivity contribution is 9.10. The van der Waals surface area contributed by atoms with E-state index in [-0.39, 0.29) is 21.5 Å². The number of rotatable bonds is 7. The summed E-state index contributed by atoms with van der Waals surface area (Å²) in [7, 11) is 0. The van der Waals surface area contributed by atoms with Crippen LogP contribution in [0.5, 0.6) is 0 Å². The monoisotopic (exact) mass is 328 g/mol. The molecule has 0 spiro atoms. The minimum Gasteiger partial charge on any atom is -0.369 e. The highest BCUT2D eigenvalue weighted by atomic mass is 79.9. The second kappa shape index (κ2) is 7.23. The number of hydrogen-bond acceptors (Lipinski definition) is 2. The topological polar surface area (TPSA) is 86.2 Å². The maximum Gasteiger partial charge on any atom is 0.231 e. The zero-order valence-corrected chi connectivity index (χ0v) is 10.9. The smallest absolute Gasteiger partial charge is 0.231 e. The molecule has 0 heterocycles. The van der Waals surface area contributed by atoms with Crippen LogP contribution in [-0.4, -0.2) is 21.5 Å². The van der Waals surface area contributed by atoms with E-state index in [9.17, 15) is 9.59 Å². The molecule has 6 heteroatoms. The van der Waals surface area contributed by atoms with Gasteiger partial charge in [-0.3, -0.25) is 9.59 Å². The van der Waals surface area contributed by atoms with Crippen LogP contribution in [0.4, 0.5) is 0 Å². The molecule has 0 radical (unpaired) electrons. The minimum atomic E-state index is -0.352. The van der Waals surface area contributed by atoms with Crippen LogP contribution >= 0.6 is 31.9 Å². The Morgan fingerprint density at radius 2 is 1.21 bits per heavy atom. The Labute approximate surface area is 100 Å². The van der Waals surface area contributed by atoms with Crippen LogP contribution in [-0.2, 0) is 9.59 Å². The van der Waals surface area contributed by atoms with Gasteiger partial charge in [-0.2, -0.15) is 0 Å². The fourth-order valence-corrected chi connectivity index (χ4v) is 1.58. The third kappa shape index (κ3) is 6.37. The number of halogens is 2. The molecule has 0 fully saturated rings. The summed E-state index contributed by atoms with van der Waals surface area (Å²) in [5.74, 6) is -0.703. The summed E-state index contributed by atoms with van der Waals surface area (Å²) in [5, 5.41) is 0. The molecule has 0 aromatic heterocycles. The summed E-state index contributed by atoms with van der Waals surface area (Å²) in [6, 6.07) is 0. The van der Waals surface area contributed by atoms with E-state index in [1.54, 1.807) is 0 Å². The molecule has 0 saturated heterocycles. The molecule has 14 heavy (non-hydrogen) atoms. The van der Waals surface area contributed by atoms with E-state index in [1.165, 1.54) is 0 Å². The van der Waals surface area contributed by atoms with Gasteiger partial charge in [0.1, 0.15) is 0 Å². The molecule has 0 bridgehead atoms. The molecule has 0 aliphatic heterocycles. The van der Waals surface area contributed by atoms with Crippen LogP contribution in [0.25, 0.3) is 0 Å². The summed E-state index contributed by atoms with van der Waals surface area (Å²) >= 11 is 6.32. The highest BCUT2D eigenvalue weighted by Crippen LogP contribution is 2.14. The van der Waals surface area contributed by atoms with Gasteiger partial charge in [-0.15, -0.1) is 0 Å². The van der Waals surface area contributed by atoms with Gasteiger partial charge in [0.25, 0.3) is 0 Å². The lowest BCUT2D eigenvalue weighted by Crippen LogP contribution is -2.24. The number of hydrogen-bond donors (Lipinski definition) is 2. The molecule has 4 nitrogen and oxygen atoms in total. The fourth-order valence-electron chi connectivity index (χ4n) is 0.932. The Kier molecular flexibility index (Phi) is 7.17. The molecule has 0 aromatic rings. The maximum absolute atomic E-state index is 10.6. The Morgan fingerprint density at radius 3 is 1.43 bits per heavy atom. The largest absolute Gasteiger partial charge is 0.369 e. The fraction of sp³-hybridized carbons (Fsp3) is 0.750. The number of nitrogens with two attached hydrogens (primary N) is 2. The van der Waals surface area contributed by atoms with Crippen molar-refractivity contribution in [3.8, 4) is 0 Å². The van der Waals surface area contributed by atoms with E-state index in [1.807, 2.05) is 0 Å². The third-order valence-electron chi connectivity index (χ3n) is 1.78. The molecular formula is C8H14Br2N2O2. The van der Waals surface area contributed by atoms with E-state index < -0.39 is 0 Å². The van der Waals surface area contributed by atoms with Crippen molar-refractivity contribution in [1.29, 1.82) is 0 Å². The SMILES string of the molecule is NC(=O)C(Br)CCCCC(Br)C(N)=O. The van der Waals surface area contributed by atoms with Crippen LogP contribution in [0.1, 0.15) is 25.7 Å². The van der Waals surface area contributed by atoms with E-state index in [0.717, 1.165) is 12.8 Å². The molecule has 4 N–H and O–H groups in total.